The molecule has 4 nitrogen and oxygen atoms in total. The van der Waals surface area contributed by atoms with Crippen molar-refractivity contribution in [1.29, 1.82) is 0 Å². The van der Waals surface area contributed by atoms with Crippen LogP contribution in [-0.4, -0.2) is 54.6 Å². The van der Waals surface area contributed by atoms with Crippen LogP contribution in [0, 0.1) is 0 Å². The Bertz CT molecular complexity index is 541. The molecule has 2 aliphatic rings. The molecular formula is C19H31IN4S2. The zero-order valence-electron chi connectivity index (χ0n) is 15.6. The number of benzene rings is 1. The summed E-state index contributed by atoms with van der Waals surface area (Å²) in [4.78, 5) is 7.24. The number of hydrogen-bond donors (Lipinski definition) is 2. The molecule has 3 rings (SSSR count). The number of halogens is 1. The highest BCUT2D eigenvalue weighted by Gasteiger charge is 2.15. The average molecular weight is 507 g/mol. The molecule has 1 aromatic carbocycles. The Morgan fingerprint density at radius 3 is 2.58 bits per heavy atom. The minimum atomic E-state index is 0. The van der Waals surface area contributed by atoms with Gasteiger partial charge in [-0.25, -0.2) is 4.99 Å². The molecular weight excluding hydrogens is 475 g/mol. The van der Waals surface area contributed by atoms with Crippen LogP contribution >= 0.6 is 47.5 Å². The molecule has 2 heterocycles. The fourth-order valence-corrected chi connectivity index (χ4v) is 5.27. The summed E-state index contributed by atoms with van der Waals surface area (Å²) in [7, 11) is 0. The standard InChI is InChI=1S/C19H30N4S2.HI/c1-2-20-19(22-15-18-4-3-11-25-18)21-14-16-5-7-17(8-6-16)23-9-12-24-13-10-23;/h5-8,18H,2-4,9-15H2,1H3,(H2,20,21,22);1H. The van der Waals surface area contributed by atoms with Crippen molar-refractivity contribution in [3.63, 3.8) is 0 Å². The van der Waals surface area contributed by atoms with E-state index in [0.29, 0.717) is 0 Å². The van der Waals surface area contributed by atoms with Gasteiger partial charge in [0.05, 0.1) is 6.54 Å². The lowest BCUT2D eigenvalue weighted by Gasteiger charge is -2.28. The lowest BCUT2D eigenvalue weighted by Crippen LogP contribution is -2.40. The Balaban J connectivity index is 0.00000243. The van der Waals surface area contributed by atoms with Gasteiger partial charge in [0.25, 0.3) is 0 Å². The third-order valence-electron chi connectivity index (χ3n) is 4.60. The molecule has 2 saturated heterocycles. The predicted octanol–water partition coefficient (Wildman–Crippen LogP) is 3.81. The highest BCUT2D eigenvalue weighted by atomic mass is 127. The second-order valence-corrected chi connectivity index (χ2v) is 9.11. The van der Waals surface area contributed by atoms with Crippen LogP contribution in [0.5, 0.6) is 0 Å². The molecule has 0 aromatic heterocycles. The van der Waals surface area contributed by atoms with Crippen LogP contribution in [-0.2, 0) is 6.54 Å². The van der Waals surface area contributed by atoms with E-state index < -0.39 is 0 Å². The van der Waals surface area contributed by atoms with E-state index >= 15 is 0 Å². The first-order chi connectivity index (χ1) is 12.3. The van der Waals surface area contributed by atoms with Gasteiger partial charge in [-0.3, -0.25) is 0 Å². The zero-order chi connectivity index (χ0) is 17.3. The van der Waals surface area contributed by atoms with Crippen LogP contribution in [0.25, 0.3) is 0 Å². The van der Waals surface area contributed by atoms with Crippen LogP contribution in [0.2, 0.25) is 0 Å². The topological polar surface area (TPSA) is 39.7 Å². The fourth-order valence-electron chi connectivity index (χ4n) is 3.16. The van der Waals surface area contributed by atoms with Gasteiger partial charge in [-0.1, -0.05) is 12.1 Å². The summed E-state index contributed by atoms with van der Waals surface area (Å²) in [5, 5.41) is 7.60. The summed E-state index contributed by atoms with van der Waals surface area (Å²) < 4.78 is 0. The molecule has 1 aromatic rings. The lowest BCUT2D eigenvalue weighted by atomic mass is 10.2. The molecule has 0 bridgehead atoms. The summed E-state index contributed by atoms with van der Waals surface area (Å²) >= 11 is 4.13. The van der Waals surface area contributed by atoms with Gasteiger partial charge in [0.15, 0.2) is 5.96 Å². The summed E-state index contributed by atoms with van der Waals surface area (Å²) in [5.74, 6) is 4.72. The zero-order valence-corrected chi connectivity index (χ0v) is 19.5. The maximum absolute atomic E-state index is 4.76. The third kappa shape index (κ3) is 7.03. The van der Waals surface area contributed by atoms with Gasteiger partial charge in [0, 0.05) is 48.6 Å². The number of nitrogens with zero attached hydrogens (tertiary/aromatic N) is 2. The first-order valence-electron chi connectivity index (χ1n) is 9.40. The van der Waals surface area contributed by atoms with Gasteiger partial charge in [-0.05, 0) is 43.2 Å². The highest BCUT2D eigenvalue weighted by Crippen LogP contribution is 2.25. The Kier molecular flexibility index (Phi) is 10.4. The van der Waals surface area contributed by atoms with Crippen molar-refractivity contribution >= 4 is 59.1 Å². The van der Waals surface area contributed by atoms with E-state index in [-0.39, 0.29) is 24.0 Å². The smallest absolute Gasteiger partial charge is 0.191 e. The van der Waals surface area contributed by atoms with E-state index in [2.05, 4.69) is 70.2 Å². The Hall–Kier alpha value is -0.280. The normalized spacial score (nSPS) is 20.6. The largest absolute Gasteiger partial charge is 0.370 e. The van der Waals surface area contributed by atoms with Crippen molar-refractivity contribution in [3.05, 3.63) is 29.8 Å². The van der Waals surface area contributed by atoms with Gasteiger partial charge < -0.3 is 15.5 Å². The summed E-state index contributed by atoms with van der Waals surface area (Å²) in [6.07, 6.45) is 2.68. The van der Waals surface area contributed by atoms with E-state index in [4.69, 9.17) is 4.99 Å². The van der Waals surface area contributed by atoms with E-state index in [1.807, 2.05) is 0 Å². The number of nitrogens with one attached hydrogen (secondary N) is 2. The van der Waals surface area contributed by atoms with Crippen molar-refractivity contribution in [2.24, 2.45) is 4.99 Å². The van der Waals surface area contributed by atoms with Crippen molar-refractivity contribution in [2.45, 2.75) is 31.6 Å². The quantitative estimate of drug-likeness (QED) is 0.349. The maximum atomic E-state index is 4.76. The lowest BCUT2D eigenvalue weighted by molar-refractivity contribution is 0.727. The predicted molar refractivity (Wildman–Crippen MR) is 130 cm³/mol. The van der Waals surface area contributed by atoms with Crippen LogP contribution < -0.4 is 15.5 Å². The molecule has 2 aliphatic heterocycles. The molecule has 7 heteroatoms. The Morgan fingerprint density at radius 1 is 1.15 bits per heavy atom. The first-order valence-corrected chi connectivity index (χ1v) is 11.6. The van der Waals surface area contributed by atoms with Gasteiger partial charge in [-0.15, -0.1) is 24.0 Å². The summed E-state index contributed by atoms with van der Waals surface area (Å²) in [5.41, 5.74) is 2.61. The van der Waals surface area contributed by atoms with E-state index in [9.17, 15) is 0 Å². The van der Waals surface area contributed by atoms with Crippen molar-refractivity contribution in [2.75, 3.05) is 48.3 Å². The average Bonchev–Trinajstić information content (AvgIpc) is 3.19. The van der Waals surface area contributed by atoms with Crippen LogP contribution in [0.4, 0.5) is 5.69 Å². The molecule has 0 aliphatic carbocycles. The molecule has 1 atom stereocenters. The van der Waals surface area contributed by atoms with Crippen molar-refractivity contribution in [1.82, 2.24) is 10.6 Å². The molecule has 0 spiro atoms. The second-order valence-electron chi connectivity index (χ2n) is 6.48. The molecule has 2 N–H and O–H groups in total. The van der Waals surface area contributed by atoms with Crippen LogP contribution in [0.3, 0.4) is 0 Å². The minimum Gasteiger partial charge on any atom is -0.370 e. The SMILES string of the molecule is CCNC(=NCc1ccc(N2CCSCC2)cc1)NCC1CCCS1.I. The van der Waals surface area contributed by atoms with E-state index in [0.717, 1.165) is 43.9 Å². The molecule has 0 saturated carbocycles. The third-order valence-corrected chi connectivity index (χ3v) is 6.94. The number of anilines is 1. The van der Waals surface area contributed by atoms with Crippen LogP contribution in [0.15, 0.2) is 29.3 Å². The molecule has 1 unspecified atom stereocenters. The Labute approximate surface area is 183 Å². The fraction of sp³-hybridized carbons (Fsp3) is 0.632. The highest BCUT2D eigenvalue weighted by molar-refractivity contribution is 14.0. The van der Waals surface area contributed by atoms with Crippen molar-refractivity contribution in [3.8, 4) is 0 Å². The van der Waals surface area contributed by atoms with Gasteiger partial charge in [0.1, 0.15) is 0 Å². The number of aliphatic imine (C=N–C) groups is 1. The monoisotopic (exact) mass is 506 g/mol. The number of rotatable bonds is 6. The minimum absolute atomic E-state index is 0. The van der Waals surface area contributed by atoms with Gasteiger partial charge in [-0.2, -0.15) is 23.5 Å². The molecule has 146 valence electrons. The van der Waals surface area contributed by atoms with Gasteiger partial charge >= 0.3 is 0 Å². The molecule has 2 fully saturated rings. The number of hydrogen-bond acceptors (Lipinski definition) is 4. The molecule has 0 radical (unpaired) electrons. The molecule has 0 amide bonds. The van der Waals surface area contributed by atoms with Crippen molar-refractivity contribution < 1.29 is 0 Å². The van der Waals surface area contributed by atoms with Gasteiger partial charge in [0.2, 0.25) is 0 Å². The molecule has 26 heavy (non-hydrogen) atoms. The number of guanidine groups is 1. The summed E-state index contributed by atoms with van der Waals surface area (Å²) in [6.45, 7) is 7.08. The van der Waals surface area contributed by atoms with E-state index in [1.54, 1.807) is 0 Å². The maximum Gasteiger partial charge on any atom is 0.191 e. The number of thioether (sulfide) groups is 2. The first kappa shape index (κ1) is 22.0. The second kappa shape index (κ2) is 12.2. The summed E-state index contributed by atoms with van der Waals surface area (Å²) in [6, 6.07) is 8.93. The Morgan fingerprint density at radius 2 is 1.92 bits per heavy atom. The van der Waals surface area contributed by atoms with E-state index in [1.165, 1.54) is 41.4 Å². The van der Waals surface area contributed by atoms with Crippen LogP contribution in [0.1, 0.15) is 25.3 Å².